The van der Waals surface area contributed by atoms with Gasteiger partial charge in [-0.15, -0.1) is 0 Å². The van der Waals surface area contributed by atoms with Gasteiger partial charge in [0.25, 0.3) is 11.5 Å². The van der Waals surface area contributed by atoms with Gasteiger partial charge in [0, 0.05) is 17.8 Å². The Kier molecular flexibility index (Phi) is 5.51. The number of anilines is 4. The number of nitrogens with zero attached hydrogens (tertiary/aromatic N) is 2. The Morgan fingerprint density at radius 3 is 2.54 bits per heavy atom. The number of alkyl halides is 3. The molecule has 6 nitrogen and oxygen atoms in total. The highest BCUT2D eigenvalue weighted by Crippen LogP contribution is 2.44. The zero-order valence-corrected chi connectivity index (χ0v) is 19.1. The number of aromatic nitrogens is 1. The number of amides is 1. The zero-order chi connectivity index (χ0) is 25.1. The fourth-order valence-corrected chi connectivity index (χ4v) is 4.71. The molecule has 0 spiro atoms. The summed E-state index contributed by atoms with van der Waals surface area (Å²) < 4.78 is 56.3. The standard InChI is InChI=1S/C24H19ClF4N4O2/c1-12-8-20-21(31-22(12)34)30-7-3-4-13-15(24(27,28)29)5-2-6-18(13)32-11-33(20)23(35)14-9-17(26)16(25)10-19(14)32/h2,5-6,8-10H,3-4,7,11H2,1H3,(H2,30,31,34). The van der Waals surface area contributed by atoms with E-state index in [1.807, 2.05) is 0 Å². The first kappa shape index (κ1) is 23.2. The summed E-state index contributed by atoms with van der Waals surface area (Å²) in [4.78, 5) is 31.3. The number of rotatable bonds is 0. The Morgan fingerprint density at radius 2 is 1.80 bits per heavy atom. The van der Waals surface area contributed by atoms with Crippen molar-refractivity contribution in [3.63, 3.8) is 0 Å². The summed E-state index contributed by atoms with van der Waals surface area (Å²) in [6.45, 7) is 1.64. The summed E-state index contributed by atoms with van der Waals surface area (Å²) in [5.41, 5.74) is -0.0451. The molecule has 35 heavy (non-hydrogen) atoms. The number of halogens is 5. The van der Waals surface area contributed by atoms with Gasteiger partial charge in [-0.1, -0.05) is 17.7 Å². The van der Waals surface area contributed by atoms with E-state index < -0.39 is 23.5 Å². The first-order valence-corrected chi connectivity index (χ1v) is 11.2. The number of aryl methyl sites for hydroxylation is 1. The molecule has 1 aromatic heterocycles. The van der Waals surface area contributed by atoms with Gasteiger partial charge in [-0.3, -0.25) is 14.5 Å². The zero-order valence-electron chi connectivity index (χ0n) is 18.4. The average Bonchev–Trinajstić information content (AvgIpc) is 2.82. The van der Waals surface area contributed by atoms with E-state index >= 15 is 0 Å². The van der Waals surface area contributed by atoms with Crippen LogP contribution in [0.1, 0.15) is 33.5 Å². The van der Waals surface area contributed by atoms with Crippen molar-refractivity contribution in [1.82, 2.24) is 4.98 Å². The molecule has 1 amide bonds. The number of hydrogen-bond donors (Lipinski definition) is 2. The lowest BCUT2D eigenvalue weighted by Gasteiger charge is -2.39. The third-order valence-corrected chi connectivity index (χ3v) is 6.53. The number of fused-ring (bicyclic) bond motifs is 8. The minimum Gasteiger partial charge on any atom is -0.370 e. The van der Waals surface area contributed by atoms with Gasteiger partial charge in [0.1, 0.15) is 18.3 Å². The van der Waals surface area contributed by atoms with Crippen LogP contribution in [-0.4, -0.2) is 24.1 Å². The second kappa shape index (κ2) is 8.30. The van der Waals surface area contributed by atoms with Gasteiger partial charge in [-0.05, 0) is 55.7 Å². The molecule has 5 rings (SSSR count). The lowest BCUT2D eigenvalue weighted by Crippen LogP contribution is -2.46. The van der Waals surface area contributed by atoms with E-state index in [1.165, 1.54) is 28.0 Å². The van der Waals surface area contributed by atoms with Crippen LogP contribution in [-0.2, 0) is 12.6 Å². The second-order valence-corrected chi connectivity index (χ2v) is 8.87. The van der Waals surface area contributed by atoms with Crippen LogP contribution in [0.15, 0.2) is 41.2 Å². The maximum atomic E-state index is 14.4. The predicted molar refractivity (Wildman–Crippen MR) is 125 cm³/mol. The summed E-state index contributed by atoms with van der Waals surface area (Å²) >= 11 is 6.02. The summed E-state index contributed by atoms with van der Waals surface area (Å²) in [7, 11) is 0. The van der Waals surface area contributed by atoms with Crippen LogP contribution in [0.3, 0.4) is 0 Å². The number of aromatic amines is 1. The van der Waals surface area contributed by atoms with Gasteiger partial charge in [0.05, 0.1) is 27.5 Å². The van der Waals surface area contributed by atoms with Crippen molar-refractivity contribution in [3.8, 4) is 0 Å². The van der Waals surface area contributed by atoms with Crippen LogP contribution in [0.5, 0.6) is 0 Å². The number of benzene rings is 2. The lowest BCUT2D eigenvalue weighted by molar-refractivity contribution is -0.138. The molecule has 3 heterocycles. The van der Waals surface area contributed by atoms with Crippen molar-refractivity contribution in [2.45, 2.75) is 25.9 Å². The molecule has 0 unspecified atom stereocenters. The van der Waals surface area contributed by atoms with Gasteiger partial charge < -0.3 is 15.2 Å². The minimum absolute atomic E-state index is 0.0538. The summed E-state index contributed by atoms with van der Waals surface area (Å²) in [6, 6.07) is 7.64. The van der Waals surface area contributed by atoms with E-state index in [1.54, 1.807) is 13.0 Å². The van der Waals surface area contributed by atoms with Gasteiger partial charge >= 0.3 is 6.18 Å². The fourth-order valence-electron chi connectivity index (χ4n) is 4.55. The Bertz CT molecular complexity index is 1420. The quantitative estimate of drug-likeness (QED) is 0.389. The van der Waals surface area contributed by atoms with Crippen LogP contribution in [0.25, 0.3) is 0 Å². The maximum Gasteiger partial charge on any atom is 0.416 e. The highest BCUT2D eigenvalue weighted by atomic mass is 35.5. The Morgan fingerprint density at radius 1 is 1.03 bits per heavy atom. The third kappa shape index (κ3) is 3.91. The number of hydrogen-bond acceptors (Lipinski definition) is 4. The first-order chi connectivity index (χ1) is 16.6. The van der Waals surface area contributed by atoms with E-state index in [0.29, 0.717) is 17.7 Å². The molecule has 0 saturated heterocycles. The van der Waals surface area contributed by atoms with Gasteiger partial charge in [0.2, 0.25) is 0 Å². The molecule has 2 aliphatic heterocycles. The first-order valence-electron chi connectivity index (χ1n) is 10.8. The number of H-pyrrole nitrogens is 1. The molecular weight excluding hydrogens is 488 g/mol. The molecule has 182 valence electrons. The molecule has 2 N–H and O–H groups in total. The highest BCUT2D eigenvalue weighted by molar-refractivity contribution is 6.31. The normalized spacial score (nSPS) is 15.5. The van der Waals surface area contributed by atoms with Gasteiger partial charge in [0.15, 0.2) is 0 Å². The Balaban J connectivity index is 1.81. The van der Waals surface area contributed by atoms with Crippen molar-refractivity contribution in [3.05, 3.63) is 79.8 Å². The molecule has 0 saturated carbocycles. The number of nitrogens with one attached hydrogen (secondary N) is 2. The summed E-state index contributed by atoms with van der Waals surface area (Å²) in [6.07, 6.45) is -4.22. The fraction of sp³-hybridized carbons (Fsp3) is 0.250. The maximum absolute atomic E-state index is 14.4. The van der Waals surface area contributed by atoms with E-state index in [2.05, 4.69) is 10.3 Å². The number of carbonyl (C=O) groups is 1. The second-order valence-electron chi connectivity index (χ2n) is 8.46. The molecule has 2 bridgehead atoms. The van der Waals surface area contributed by atoms with Crippen LogP contribution < -0.4 is 20.7 Å². The van der Waals surface area contributed by atoms with E-state index in [0.717, 1.165) is 12.1 Å². The van der Waals surface area contributed by atoms with Crippen molar-refractivity contribution in [1.29, 1.82) is 0 Å². The number of carbonyl (C=O) groups excluding carboxylic acids is 1. The van der Waals surface area contributed by atoms with Gasteiger partial charge in [-0.25, -0.2) is 4.39 Å². The van der Waals surface area contributed by atoms with Gasteiger partial charge in [-0.2, -0.15) is 13.2 Å². The molecule has 0 fully saturated rings. The van der Waals surface area contributed by atoms with Crippen LogP contribution in [0.2, 0.25) is 5.02 Å². The summed E-state index contributed by atoms with van der Waals surface area (Å²) in [5, 5.41) is 2.79. The van der Waals surface area contributed by atoms with Crippen molar-refractivity contribution in [2.24, 2.45) is 0 Å². The molecule has 11 heteroatoms. The molecule has 0 atom stereocenters. The molecule has 3 aromatic rings. The smallest absolute Gasteiger partial charge is 0.370 e. The van der Waals surface area contributed by atoms with E-state index in [-0.39, 0.29) is 58.5 Å². The lowest BCUT2D eigenvalue weighted by atomic mass is 9.97. The SMILES string of the molecule is Cc1cc2c([nH]c1=O)NCCCc1c(cccc1C(F)(F)F)N1CN2C(=O)c2cc(F)c(Cl)cc21. The Hall–Kier alpha value is -3.53. The average molecular weight is 507 g/mol. The minimum atomic E-state index is -4.60. The predicted octanol–water partition coefficient (Wildman–Crippen LogP) is 5.61. The topological polar surface area (TPSA) is 68.4 Å². The number of pyridine rings is 1. The molecule has 2 aliphatic rings. The van der Waals surface area contributed by atoms with Crippen molar-refractivity contribution >= 4 is 40.4 Å². The molecule has 2 aromatic carbocycles. The molecular formula is C24H19ClF4N4O2. The summed E-state index contributed by atoms with van der Waals surface area (Å²) in [5.74, 6) is -1.15. The molecule has 0 radical (unpaired) electrons. The van der Waals surface area contributed by atoms with E-state index in [4.69, 9.17) is 11.6 Å². The Labute approximate surface area is 202 Å². The largest absolute Gasteiger partial charge is 0.416 e. The van der Waals surface area contributed by atoms with Crippen molar-refractivity contribution < 1.29 is 22.4 Å². The molecule has 0 aliphatic carbocycles. The monoisotopic (exact) mass is 506 g/mol. The van der Waals surface area contributed by atoms with E-state index in [9.17, 15) is 27.2 Å². The van der Waals surface area contributed by atoms with Crippen LogP contribution >= 0.6 is 11.6 Å². The third-order valence-electron chi connectivity index (χ3n) is 6.24. The van der Waals surface area contributed by atoms with Crippen LogP contribution in [0.4, 0.5) is 40.4 Å². The van der Waals surface area contributed by atoms with Crippen LogP contribution in [0, 0.1) is 12.7 Å². The highest BCUT2D eigenvalue weighted by Gasteiger charge is 2.38. The van der Waals surface area contributed by atoms with Crippen molar-refractivity contribution in [2.75, 3.05) is 28.3 Å².